The van der Waals surface area contributed by atoms with Gasteiger partial charge in [-0.25, -0.2) is 0 Å². The molecule has 1 nitrogen and oxygen atoms in total. The zero-order valence-corrected chi connectivity index (χ0v) is 8.09. The molecule has 0 radical (unpaired) electrons. The molecular formula is C10H20O. The van der Waals surface area contributed by atoms with Gasteiger partial charge in [-0.05, 0) is 29.6 Å². The third-order valence-corrected chi connectivity index (χ3v) is 3.21. The quantitative estimate of drug-likeness (QED) is 0.664. The molecule has 0 aromatic carbocycles. The third kappa shape index (κ3) is 1.58. The van der Waals surface area contributed by atoms with E-state index in [1.807, 2.05) is 0 Å². The Labute approximate surface area is 69.8 Å². The molecule has 1 rings (SSSR count). The van der Waals surface area contributed by atoms with Gasteiger partial charge < -0.3 is 5.11 Å². The van der Waals surface area contributed by atoms with E-state index in [-0.39, 0.29) is 0 Å². The molecule has 66 valence electrons. The minimum atomic E-state index is 0.379. The summed E-state index contributed by atoms with van der Waals surface area (Å²) in [6.07, 6.45) is 1.28. The van der Waals surface area contributed by atoms with E-state index in [9.17, 15) is 0 Å². The van der Waals surface area contributed by atoms with Gasteiger partial charge in [0, 0.05) is 6.61 Å². The summed E-state index contributed by atoms with van der Waals surface area (Å²) >= 11 is 0. The van der Waals surface area contributed by atoms with Crippen molar-refractivity contribution in [3.63, 3.8) is 0 Å². The van der Waals surface area contributed by atoms with E-state index < -0.39 is 0 Å². The highest BCUT2D eigenvalue weighted by Gasteiger charge is 2.56. The lowest BCUT2D eigenvalue weighted by Gasteiger charge is -2.04. The molecule has 0 aliphatic heterocycles. The SMILES string of the molecule is CC(C)C[C@@H]1[C@@H](CO)C1(C)C. The van der Waals surface area contributed by atoms with Gasteiger partial charge in [0.15, 0.2) is 0 Å². The Kier molecular flexibility index (Phi) is 2.29. The van der Waals surface area contributed by atoms with Gasteiger partial charge in [-0.2, -0.15) is 0 Å². The monoisotopic (exact) mass is 156 g/mol. The first kappa shape index (κ1) is 9.05. The lowest BCUT2D eigenvalue weighted by Crippen LogP contribution is -1.94. The molecule has 0 aromatic rings. The molecule has 1 aliphatic rings. The molecule has 1 aliphatic carbocycles. The van der Waals surface area contributed by atoms with E-state index >= 15 is 0 Å². The summed E-state index contributed by atoms with van der Waals surface area (Å²) in [7, 11) is 0. The van der Waals surface area contributed by atoms with Crippen molar-refractivity contribution < 1.29 is 5.11 Å². The van der Waals surface area contributed by atoms with E-state index in [1.54, 1.807) is 0 Å². The van der Waals surface area contributed by atoms with Gasteiger partial charge in [0.25, 0.3) is 0 Å². The third-order valence-electron chi connectivity index (χ3n) is 3.21. The highest BCUT2D eigenvalue weighted by atomic mass is 16.3. The molecule has 0 amide bonds. The minimum absolute atomic E-state index is 0.379. The molecular weight excluding hydrogens is 136 g/mol. The normalized spacial score (nSPS) is 34.4. The molecule has 11 heavy (non-hydrogen) atoms. The van der Waals surface area contributed by atoms with E-state index in [4.69, 9.17) is 5.11 Å². The summed E-state index contributed by atoms with van der Waals surface area (Å²) in [4.78, 5) is 0. The van der Waals surface area contributed by atoms with Crippen molar-refractivity contribution in [1.82, 2.24) is 0 Å². The van der Waals surface area contributed by atoms with Gasteiger partial charge >= 0.3 is 0 Å². The molecule has 0 aromatic heterocycles. The van der Waals surface area contributed by atoms with Crippen molar-refractivity contribution in [2.75, 3.05) is 6.61 Å². The number of rotatable bonds is 3. The predicted octanol–water partition coefficient (Wildman–Crippen LogP) is 2.30. The number of aliphatic hydroxyl groups is 1. The van der Waals surface area contributed by atoms with Gasteiger partial charge in [-0.3, -0.25) is 0 Å². The number of hydrogen-bond acceptors (Lipinski definition) is 1. The Morgan fingerprint density at radius 2 is 1.82 bits per heavy atom. The topological polar surface area (TPSA) is 20.2 Å². The standard InChI is InChI=1S/C10H20O/c1-7(2)5-8-9(6-11)10(8,3)4/h7-9,11H,5-6H2,1-4H3/t8-,9-/m1/s1. The van der Waals surface area contributed by atoms with Crippen LogP contribution in [0.5, 0.6) is 0 Å². The Bertz CT molecular complexity index is 138. The van der Waals surface area contributed by atoms with Gasteiger partial charge in [0.1, 0.15) is 0 Å². The largest absolute Gasteiger partial charge is 0.396 e. The average Bonchev–Trinajstić information content (AvgIpc) is 2.33. The molecule has 0 heterocycles. The van der Waals surface area contributed by atoms with Crippen LogP contribution in [0.4, 0.5) is 0 Å². The van der Waals surface area contributed by atoms with Crippen LogP contribution in [0.2, 0.25) is 0 Å². The fraction of sp³-hybridized carbons (Fsp3) is 1.00. The Hall–Kier alpha value is -0.0400. The van der Waals surface area contributed by atoms with Crippen LogP contribution in [0.3, 0.4) is 0 Å². The Morgan fingerprint density at radius 1 is 1.27 bits per heavy atom. The second-order valence-corrected chi connectivity index (χ2v) is 4.85. The average molecular weight is 156 g/mol. The first-order valence-electron chi connectivity index (χ1n) is 4.61. The van der Waals surface area contributed by atoms with Crippen molar-refractivity contribution in [2.45, 2.75) is 34.1 Å². The van der Waals surface area contributed by atoms with Gasteiger partial charge in [0.2, 0.25) is 0 Å². The zero-order chi connectivity index (χ0) is 8.65. The van der Waals surface area contributed by atoms with Crippen LogP contribution >= 0.6 is 0 Å². The molecule has 0 saturated heterocycles. The Balaban J connectivity index is 2.39. The van der Waals surface area contributed by atoms with Crippen LogP contribution in [0.15, 0.2) is 0 Å². The summed E-state index contributed by atoms with van der Waals surface area (Å²) < 4.78 is 0. The number of hydrogen-bond donors (Lipinski definition) is 1. The smallest absolute Gasteiger partial charge is 0.0467 e. The van der Waals surface area contributed by atoms with E-state index in [0.29, 0.717) is 17.9 Å². The van der Waals surface area contributed by atoms with E-state index in [0.717, 1.165) is 11.8 Å². The van der Waals surface area contributed by atoms with Crippen LogP contribution in [-0.4, -0.2) is 11.7 Å². The lowest BCUT2D eigenvalue weighted by atomic mass is 10.0. The maximum Gasteiger partial charge on any atom is 0.0467 e. The zero-order valence-electron chi connectivity index (χ0n) is 8.09. The maximum atomic E-state index is 9.02. The molecule has 0 spiro atoms. The summed E-state index contributed by atoms with van der Waals surface area (Å²) in [6, 6.07) is 0. The van der Waals surface area contributed by atoms with Crippen molar-refractivity contribution in [2.24, 2.45) is 23.2 Å². The summed E-state index contributed by atoms with van der Waals surface area (Å²) in [6.45, 7) is 9.41. The molecule has 1 fully saturated rings. The fourth-order valence-corrected chi connectivity index (χ4v) is 2.20. The van der Waals surface area contributed by atoms with Gasteiger partial charge in [-0.15, -0.1) is 0 Å². The second kappa shape index (κ2) is 2.78. The summed E-state index contributed by atoms with van der Waals surface area (Å²) in [5.74, 6) is 2.12. The van der Waals surface area contributed by atoms with Crippen LogP contribution < -0.4 is 0 Å². The van der Waals surface area contributed by atoms with Crippen LogP contribution in [0.25, 0.3) is 0 Å². The lowest BCUT2D eigenvalue weighted by molar-refractivity contribution is 0.253. The van der Waals surface area contributed by atoms with Crippen molar-refractivity contribution >= 4 is 0 Å². The van der Waals surface area contributed by atoms with Gasteiger partial charge in [-0.1, -0.05) is 27.7 Å². The predicted molar refractivity (Wildman–Crippen MR) is 47.3 cm³/mol. The second-order valence-electron chi connectivity index (χ2n) is 4.85. The summed E-state index contributed by atoms with van der Waals surface area (Å²) in [5, 5.41) is 9.02. The fourth-order valence-electron chi connectivity index (χ4n) is 2.20. The van der Waals surface area contributed by atoms with E-state index in [2.05, 4.69) is 27.7 Å². The Morgan fingerprint density at radius 3 is 2.09 bits per heavy atom. The number of aliphatic hydroxyl groups excluding tert-OH is 1. The van der Waals surface area contributed by atoms with Crippen molar-refractivity contribution in [3.8, 4) is 0 Å². The first-order valence-corrected chi connectivity index (χ1v) is 4.61. The molecule has 1 saturated carbocycles. The molecule has 1 N–H and O–H groups in total. The molecule has 0 bridgehead atoms. The van der Waals surface area contributed by atoms with Crippen LogP contribution in [0, 0.1) is 23.2 Å². The highest BCUT2D eigenvalue weighted by Crippen LogP contribution is 2.60. The maximum absolute atomic E-state index is 9.02. The highest BCUT2D eigenvalue weighted by molar-refractivity contribution is 5.04. The van der Waals surface area contributed by atoms with Crippen molar-refractivity contribution in [1.29, 1.82) is 0 Å². The van der Waals surface area contributed by atoms with Gasteiger partial charge in [0.05, 0.1) is 0 Å². The van der Waals surface area contributed by atoms with Crippen LogP contribution in [0.1, 0.15) is 34.1 Å². The molecule has 2 atom stereocenters. The van der Waals surface area contributed by atoms with Crippen LogP contribution in [-0.2, 0) is 0 Å². The first-order chi connectivity index (χ1) is 5.00. The minimum Gasteiger partial charge on any atom is -0.396 e. The summed E-state index contributed by atoms with van der Waals surface area (Å²) in [5.41, 5.74) is 0.416. The van der Waals surface area contributed by atoms with Crippen molar-refractivity contribution in [3.05, 3.63) is 0 Å². The van der Waals surface area contributed by atoms with E-state index in [1.165, 1.54) is 6.42 Å². The molecule has 1 heteroatoms. The molecule has 0 unspecified atom stereocenters.